The summed E-state index contributed by atoms with van der Waals surface area (Å²) in [6.07, 6.45) is 4.66. The number of unbranched alkanes of at least 4 members (excludes halogenated alkanes) is 1. The zero-order chi connectivity index (χ0) is 24.7. The maximum absolute atomic E-state index is 14.2. The van der Waals surface area contributed by atoms with Gasteiger partial charge in [0.05, 0.1) is 29.2 Å². The molecule has 34 heavy (non-hydrogen) atoms. The van der Waals surface area contributed by atoms with Gasteiger partial charge in [0.25, 0.3) is 0 Å². The van der Waals surface area contributed by atoms with Crippen molar-refractivity contribution < 1.29 is 24.6 Å². The lowest BCUT2D eigenvalue weighted by atomic mass is 9.66. The summed E-state index contributed by atoms with van der Waals surface area (Å²) in [6, 6.07) is 7.63. The van der Waals surface area contributed by atoms with E-state index in [-0.39, 0.29) is 18.4 Å². The number of aliphatic hydroxyl groups is 1. The molecule has 7 nitrogen and oxygen atoms in total. The molecule has 3 heterocycles. The van der Waals surface area contributed by atoms with Crippen molar-refractivity contribution in [1.82, 2.24) is 9.80 Å². The summed E-state index contributed by atoms with van der Waals surface area (Å²) in [5, 5.41) is 20.6. The highest BCUT2D eigenvalue weighted by Crippen LogP contribution is 2.72. The number of carbonyl (C=O) groups is 3. The summed E-state index contributed by atoms with van der Waals surface area (Å²) < 4.78 is -1.41. The Balaban J connectivity index is 1.84. The van der Waals surface area contributed by atoms with E-state index in [9.17, 15) is 24.6 Å². The monoisotopic (exact) mass is 486 g/mol. The van der Waals surface area contributed by atoms with E-state index in [1.54, 1.807) is 11.0 Å². The Hall–Kier alpha value is -2.32. The zero-order valence-electron chi connectivity index (χ0n) is 19.9. The molecule has 4 rings (SSSR count). The number of rotatable bonds is 10. The van der Waals surface area contributed by atoms with Crippen LogP contribution in [0.25, 0.3) is 0 Å². The van der Waals surface area contributed by atoms with Gasteiger partial charge >= 0.3 is 5.97 Å². The maximum Gasteiger partial charge on any atom is 0.308 e. The van der Waals surface area contributed by atoms with Crippen LogP contribution in [-0.4, -0.2) is 73.0 Å². The number of hydrogen-bond donors (Lipinski definition) is 2. The molecule has 184 valence electrons. The highest BCUT2D eigenvalue weighted by Gasteiger charge is 2.78. The third kappa shape index (κ3) is 3.66. The van der Waals surface area contributed by atoms with Crippen LogP contribution in [0.4, 0.5) is 0 Å². The Morgan fingerprint density at radius 2 is 2.03 bits per heavy atom. The lowest BCUT2D eigenvalue weighted by Gasteiger charge is -2.39. The first-order valence-corrected chi connectivity index (χ1v) is 12.9. The molecule has 8 heteroatoms. The number of likely N-dealkylation sites (tertiary alicyclic amines) is 1. The number of thioether (sulfide) groups is 1. The fourth-order valence-electron chi connectivity index (χ4n) is 6.35. The minimum Gasteiger partial charge on any atom is -0.481 e. The van der Waals surface area contributed by atoms with Crippen LogP contribution in [0, 0.1) is 11.8 Å². The second kappa shape index (κ2) is 9.38. The van der Waals surface area contributed by atoms with Gasteiger partial charge in [0.15, 0.2) is 0 Å². The molecule has 6 atom stereocenters. The highest BCUT2D eigenvalue weighted by molar-refractivity contribution is 8.02. The first-order valence-electron chi connectivity index (χ1n) is 12.1. The number of benzene rings is 1. The molecule has 0 saturated carbocycles. The average Bonchev–Trinajstić information content (AvgIpc) is 3.39. The van der Waals surface area contributed by atoms with E-state index in [2.05, 4.69) is 13.5 Å². The van der Waals surface area contributed by atoms with Crippen molar-refractivity contribution in [2.24, 2.45) is 11.8 Å². The Morgan fingerprint density at radius 1 is 1.32 bits per heavy atom. The van der Waals surface area contributed by atoms with Gasteiger partial charge in [0.2, 0.25) is 11.8 Å². The Bertz CT molecular complexity index is 971. The minimum absolute atomic E-state index is 0.179. The number of aliphatic carboxylic acids is 1. The molecule has 0 aromatic heterocycles. The fraction of sp³-hybridized carbons (Fsp3) is 0.577. The first-order chi connectivity index (χ1) is 16.3. The van der Waals surface area contributed by atoms with Crippen LogP contribution in [-0.2, 0) is 14.4 Å². The predicted octanol–water partition coefficient (Wildman–Crippen LogP) is 3.10. The minimum atomic E-state index is -0.989. The van der Waals surface area contributed by atoms with Crippen LogP contribution in [0.1, 0.15) is 51.1 Å². The summed E-state index contributed by atoms with van der Waals surface area (Å²) >= 11 is 1.52. The lowest BCUT2D eigenvalue weighted by molar-refractivity contribution is -0.151. The molecule has 0 radical (unpaired) electrons. The number of carboxylic acid groups (broad SMARTS) is 1. The SMILES string of the molecule is C=CCN(CCCC)C(=O)C1N([C@H](CO)c2ccccc2)C(=O)[C@@H]2[C@H](C(=O)O)[C@]3(C)CCC12S3. The van der Waals surface area contributed by atoms with Crippen LogP contribution in [0.5, 0.6) is 0 Å². The molecule has 2 N–H and O–H groups in total. The maximum atomic E-state index is 14.2. The number of amides is 2. The molecule has 3 aliphatic heterocycles. The summed E-state index contributed by atoms with van der Waals surface area (Å²) in [5.74, 6) is -3.16. The van der Waals surface area contributed by atoms with Crippen molar-refractivity contribution in [2.75, 3.05) is 19.7 Å². The highest BCUT2D eigenvalue weighted by atomic mass is 32.2. The van der Waals surface area contributed by atoms with E-state index in [4.69, 9.17) is 0 Å². The van der Waals surface area contributed by atoms with Gasteiger partial charge < -0.3 is 20.0 Å². The van der Waals surface area contributed by atoms with Gasteiger partial charge in [-0.1, -0.05) is 49.8 Å². The van der Waals surface area contributed by atoms with Gasteiger partial charge in [-0.2, -0.15) is 0 Å². The quantitative estimate of drug-likeness (QED) is 0.493. The summed E-state index contributed by atoms with van der Waals surface area (Å²) in [4.78, 5) is 43.9. The van der Waals surface area contributed by atoms with E-state index in [0.29, 0.717) is 25.9 Å². The number of carboxylic acids is 1. The van der Waals surface area contributed by atoms with E-state index < -0.39 is 39.4 Å². The van der Waals surface area contributed by atoms with Gasteiger partial charge in [0, 0.05) is 17.8 Å². The Labute approximate surface area is 205 Å². The van der Waals surface area contributed by atoms with Gasteiger partial charge in [0.1, 0.15) is 6.04 Å². The summed E-state index contributed by atoms with van der Waals surface area (Å²) in [7, 11) is 0. The molecule has 1 aromatic carbocycles. The third-order valence-corrected chi connectivity index (χ3v) is 9.84. The number of fused-ring (bicyclic) bond motifs is 1. The average molecular weight is 487 g/mol. The van der Waals surface area contributed by atoms with Crippen molar-refractivity contribution in [2.45, 2.75) is 61.1 Å². The molecule has 1 aromatic rings. The molecule has 1 spiro atoms. The van der Waals surface area contributed by atoms with Gasteiger partial charge in [-0.05, 0) is 31.7 Å². The van der Waals surface area contributed by atoms with Crippen molar-refractivity contribution in [3.8, 4) is 0 Å². The van der Waals surface area contributed by atoms with E-state index in [1.807, 2.05) is 37.3 Å². The number of carbonyl (C=O) groups excluding carboxylic acids is 2. The molecular weight excluding hydrogens is 452 g/mol. The number of nitrogens with zero attached hydrogens (tertiary/aromatic N) is 2. The predicted molar refractivity (Wildman–Crippen MR) is 131 cm³/mol. The molecule has 3 fully saturated rings. The van der Waals surface area contributed by atoms with Crippen LogP contribution in [0.15, 0.2) is 43.0 Å². The topological polar surface area (TPSA) is 98.2 Å². The van der Waals surface area contributed by atoms with E-state index in [0.717, 1.165) is 18.4 Å². The second-order valence-electron chi connectivity index (χ2n) is 9.85. The van der Waals surface area contributed by atoms with Crippen molar-refractivity contribution >= 4 is 29.5 Å². The van der Waals surface area contributed by atoms with Crippen LogP contribution < -0.4 is 0 Å². The van der Waals surface area contributed by atoms with Crippen LogP contribution in [0.2, 0.25) is 0 Å². The van der Waals surface area contributed by atoms with Gasteiger partial charge in [-0.15, -0.1) is 18.3 Å². The second-order valence-corrected chi connectivity index (χ2v) is 11.7. The molecule has 3 aliphatic rings. The number of aliphatic hydroxyl groups excluding tert-OH is 1. The lowest BCUT2D eigenvalue weighted by Crippen LogP contribution is -2.55. The zero-order valence-corrected chi connectivity index (χ0v) is 20.7. The smallest absolute Gasteiger partial charge is 0.308 e. The Kier molecular flexibility index (Phi) is 6.84. The Morgan fingerprint density at radius 3 is 2.62 bits per heavy atom. The first kappa shape index (κ1) is 24.8. The normalized spacial score (nSPS) is 32.5. The molecular formula is C26H34N2O5S. The van der Waals surface area contributed by atoms with Gasteiger partial charge in [-0.25, -0.2) is 0 Å². The molecule has 3 saturated heterocycles. The summed E-state index contributed by atoms with van der Waals surface area (Å²) in [6.45, 7) is 8.34. The third-order valence-electron chi connectivity index (χ3n) is 7.85. The standard InChI is InChI=1S/C26H34N2O5S/c1-4-6-15-27(14-5-2)23(31)21-26-13-12-25(3,34-26)20(24(32)33)19(26)22(30)28(21)18(16-29)17-10-8-7-9-11-17/h5,7-11,18-21,29H,2,4,6,12-16H2,1,3H3,(H,32,33)/t18-,19+,20-,21?,25+,26?/m1/s1. The van der Waals surface area contributed by atoms with E-state index >= 15 is 0 Å². The van der Waals surface area contributed by atoms with E-state index in [1.165, 1.54) is 16.7 Å². The van der Waals surface area contributed by atoms with Gasteiger partial charge in [-0.3, -0.25) is 14.4 Å². The van der Waals surface area contributed by atoms with Crippen LogP contribution >= 0.6 is 11.8 Å². The molecule has 0 aliphatic carbocycles. The number of hydrogen-bond acceptors (Lipinski definition) is 5. The largest absolute Gasteiger partial charge is 0.481 e. The molecule has 2 unspecified atom stereocenters. The van der Waals surface area contributed by atoms with Crippen molar-refractivity contribution in [3.05, 3.63) is 48.6 Å². The molecule has 2 amide bonds. The summed E-state index contributed by atoms with van der Waals surface area (Å²) in [5.41, 5.74) is 0.731. The fourth-order valence-corrected chi connectivity index (χ4v) is 8.68. The molecule has 2 bridgehead atoms. The van der Waals surface area contributed by atoms with Crippen LogP contribution in [0.3, 0.4) is 0 Å². The van der Waals surface area contributed by atoms with Crippen molar-refractivity contribution in [3.63, 3.8) is 0 Å². The van der Waals surface area contributed by atoms with Crippen molar-refractivity contribution in [1.29, 1.82) is 0 Å².